The number of rotatable bonds is 10. The highest BCUT2D eigenvalue weighted by molar-refractivity contribution is 7.99. The first-order chi connectivity index (χ1) is 15.8. The van der Waals surface area contributed by atoms with Crippen LogP contribution < -0.4 is 5.32 Å². The quantitative estimate of drug-likeness (QED) is 0.405. The summed E-state index contributed by atoms with van der Waals surface area (Å²) in [7, 11) is 0. The molecule has 176 valence electrons. The summed E-state index contributed by atoms with van der Waals surface area (Å²) in [6.07, 6.45) is 4.25. The number of nitrogens with one attached hydrogen (secondary N) is 1. The molecule has 1 saturated carbocycles. The lowest BCUT2D eigenvalue weighted by atomic mass is 10.1. The van der Waals surface area contributed by atoms with Crippen molar-refractivity contribution in [1.29, 1.82) is 0 Å². The van der Waals surface area contributed by atoms with E-state index in [4.69, 9.17) is 0 Å². The van der Waals surface area contributed by atoms with Gasteiger partial charge < -0.3 is 10.2 Å². The van der Waals surface area contributed by atoms with Crippen LogP contribution in [0.15, 0.2) is 48.5 Å². The summed E-state index contributed by atoms with van der Waals surface area (Å²) in [6.45, 7) is 4.17. The lowest BCUT2D eigenvalue weighted by Crippen LogP contribution is -2.50. The highest BCUT2D eigenvalue weighted by Gasteiger charge is 2.28. The van der Waals surface area contributed by atoms with Crippen LogP contribution in [-0.2, 0) is 21.9 Å². The van der Waals surface area contributed by atoms with Gasteiger partial charge in [-0.1, -0.05) is 54.8 Å². The van der Waals surface area contributed by atoms with Crippen LogP contribution in [0.4, 0.5) is 5.69 Å². The number of nitro benzene ring substituents is 1. The maximum absolute atomic E-state index is 13.2. The molecule has 0 bridgehead atoms. The number of carbonyl (C=O) groups is 2. The van der Waals surface area contributed by atoms with E-state index in [9.17, 15) is 19.7 Å². The average molecular weight is 470 g/mol. The molecule has 0 aliphatic heterocycles. The Kier molecular flexibility index (Phi) is 8.88. The monoisotopic (exact) mass is 469 g/mol. The minimum absolute atomic E-state index is 0.0474. The molecule has 8 heteroatoms. The zero-order valence-electron chi connectivity index (χ0n) is 19.2. The summed E-state index contributed by atoms with van der Waals surface area (Å²) in [5.41, 5.74) is 3.08. The van der Waals surface area contributed by atoms with E-state index in [1.807, 2.05) is 31.2 Å². The summed E-state index contributed by atoms with van der Waals surface area (Å²) in [5, 5.41) is 13.9. The Hall–Kier alpha value is -2.87. The molecule has 0 spiro atoms. The second-order valence-corrected chi connectivity index (χ2v) is 9.58. The molecular formula is C25H31N3O4S. The van der Waals surface area contributed by atoms with Gasteiger partial charge in [0.25, 0.3) is 5.69 Å². The molecule has 0 aromatic heterocycles. The van der Waals surface area contributed by atoms with E-state index in [0.29, 0.717) is 12.3 Å². The van der Waals surface area contributed by atoms with Crippen molar-refractivity contribution in [2.75, 3.05) is 5.75 Å². The highest BCUT2D eigenvalue weighted by Crippen LogP contribution is 2.20. The number of nitro groups is 1. The van der Waals surface area contributed by atoms with E-state index < -0.39 is 11.0 Å². The van der Waals surface area contributed by atoms with Gasteiger partial charge in [0.05, 0.1) is 10.7 Å². The standard InChI is InChI=1S/C25H31N3O4S/c1-18-7-9-20(10-8-18)15-27(19(2)25(30)26-22-5-3-4-6-22)24(29)17-33-16-21-11-13-23(14-12-21)28(31)32/h7-14,19,22H,3-6,15-17H2,1-2H3,(H,26,30)/t19-/m0/s1. The summed E-state index contributed by atoms with van der Waals surface area (Å²) >= 11 is 1.44. The SMILES string of the molecule is Cc1ccc(CN(C(=O)CSCc2ccc([N+](=O)[O-])cc2)[C@@H](C)C(=O)NC2CCCC2)cc1. The van der Waals surface area contributed by atoms with Crippen LogP contribution in [0.5, 0.6) is 0 Å². The van der Waals surface area contributed by atoms with Crippen LogP contribution in [0.2, 0.25) is 0 Å². The average Bonchev–Trinajstić information content (AvgIpc) is 3.31. The molecule has 2 aromatic carbocycles. The van der Waals surface area contributed by atoms with Crippen LogP contribution in [0.25, 0.3) is 0 Å². The van der Waals surface area contributed by atoms with E-state index in [0.717, 1.165) is 42.4 Å². The van der Waals surface area contributed by atoms with E-state index >= 15 is 0 Å². The first kappa shape index (κ1) is 24.8. The van der Waals surface area contributed by atoms with Crippen LogP contribution in [0.3, 0.4) is 0 Å². The smallest absolute Gasteiger partial charge is 0.269 e. The van der Waals surface area contributed by atoms with Crippen molar-refractivity contribution in [3.8, 4) is 0 Å². The van der Waals surface area contributed by atoms with E-state index in [2.05, 4.69) is 5.32 Å². The molecule has 33 heavy (non-hydrogen) atoms. The minimum Gasteiger partial charge on any atom is -0.352 e. The summed E-state index contributed by atoms with van der Waals surface area (Å²) in [6, 6.07) is 14.0. The van der Waals surface area contributed by atoms with Gasteiger partial charge in [-0.05, 0) is 37.8 Å². The molecule has 0 saturated heterocycles. The predicted molar refractivity (Wildman–Crippen MR) is 131 cm³/mol. The second kappa shape index (κ2) is 11.8. The Bertz CT molecular complexity index is 957. The molecule has 1 N–H and O–H groups in total. The summed E-state index contributed by atoms with van der Waals surface area (Å²) in [4.78, 5) is 38.1. The van der Waals surface area contributed by atoms with E-state index in [-0.39, 0.29) is 29.3 Å². The fraction of sp³-hybridized carbons (Fsp3) is 0.440. The van der Waals surface area contributed by atoms with Crippen molar-refractivity contribution in [3.05, 3.63) is 75.3 Å². The Morgan fingerprint density at radius 3 is 2.30 bits per heavy atom. The normalized spacial score (nSPS) is 14.6. The van der Waals surface area contributed by atoms with Gasteiger partial charge in [-0.25, -0.2) is 0 Å². The Balaban J connectivity index is 1.63. The minimum atomic E-state index is -0.570. The highest BCUT2D eigenvalue weighted by atomic mass is 32.2. The fourth-order valence-corrected chi connectivity index (χ4v) is 4.79. The van der Waals surface area contributed by atoms with Crippen LogP contribution >= 0.6 is 11.8 Å². The van der Waals surface area contributed by atoms with Gasteiger partial charge in [-0.2, -0.15) is 0 Å². The number of nitrogens with zero attached hydrogens (tertiary/aromatic N) is 2. The lowest BCUT2D eigenvalue weighted by molar-refractivity contribution is -0.384. The van der Waals surface area contributed by atoms with Crippen molar-refractivity contribution in [1.82, 2.24) is 10.2 Å². The molecule has 7 nitrogen and oxygen atoms in total. The van der Waals surface area contributed by atoms with Crippen molar-refractivity contribution in [3.63, 3.8) is 0 Å². The fourth-order valence-electron chi connectivity index (χ4n) is 3.92. The molecule has 0 unspecified atom stereocenters. The number of thioether (sulfide) groups is 1. The van der Waals surface area contributed by atoms with E-state index in [1.165, 1.54) is 23.9 Å². The lowest BCUT2D eigenvalue weighted by Gasteiger charge is -2.29. The molecular weight excluding hydrogens is 438 g/mol. The van der Waals surface area contributed by atoms with Gasteiger partial charge in [0.15, 0.2) is 0 Å². The van der Waals surface area contributed by atoms with Crippen LogP contribution in [-0.4, -0.2) is 39.5 Å². The molecule has 1 aliphatic carbocycles. The third kappa shape index (κ3) is 7.32. The van der Waals surface area contributed by atoms with Crippen molar-refractivity contribution in [2.24, 2.45) is 0 Å². The zero-order valence-corrected chi connectivity index (χ0v) is 20.0. The van der Waals surface area contributed by atoms with Crippen molar-refractivity contribution in [2.45, 2.75) is 63.9 Å². The molecule has 2 aromatic rings. The number of hydrogen-bond acceptors (Lipinski definition) is 5. The summed E-state index contributed by atoms with van der Waals surface area (Å²) < 4.78 is 0. The number of carbonyl (C=O) groups excluding carboxylic acids is 2. The number of amides is 2. The van der Waals surface area contributed by atoms with Gasteiger partial charge in [-0.3, -0.25) is 19.7 Å². The predicted octanol–water partition coefficient (Wildman–Crippen LogP) is 4.61. The third-order valence-corrected chi connectivity index (χ3v) is 6.97. The molecule has 1 atom stereocenters. The van der Waals surface area contributed by atoms with Crippen molar-refractivity contribution < 1.29 is 14.5 Å². The van der Waals surface area contributed by atoms with Crippen LogP contribution in [0.1, 0.15) is 49.3 Å². The molecule has 1 fully saturated rings. The maximum Gasteiger partial charge on any atom is 0.269 e. The van der Waals surface area contributed by atoms with Crippen LogP contribution in [0, 0.1) is 17.0 Å². The third-order valence-electron chi connectivity index (χ3n) is 5.98. The molecule has 3 rings (SSSR count). The van der Waals surface area contributed by atoms with Gasteiger partial charge in [0.2, 0.25) is 11.8 Å². The number of non-ortho nitro benzene ring substituents is 1. The first-order valence-corrected chi connectivity index (χ1v) is 12.5. The van der Waals surface area contributed by atoms with Gasteiger partial charge in [0, 0.05) is 30.5 Å². The van der Waals surface area contributed by atoms with Gasteiger partial charge in [-0.15, -0.1) is 11.8 Å². The zero-order chi connectivity index (χ0) is 23.8. The topological polar surface area (TPSA) is 92.6 Å². The van der Waals surface area contributed by atoms with Gasteiger partial charge >= 0.3 is 0 Å². The number of hydrogen-bond donors (Lipinski definition) is 1. The second-order valence-electron chi connectivity index (χ2n) is 8.59. The number of benzene rings is 2. The Labute approximate surface area is 199 Å². The largest absolute Gasteiger partial charge is 0.352 e. The molecule has 1 aliphatic rings. The Morgan fingerprint density at radius 1 is 1.09 bits per heavy atom. The van der Waals surface area contributed by atoms with E-state index in [1.54, 1.807) is 24.0 Å². The first-order valence-electron chi connectivity index (χ1n) is 11.3. The number of aryl methyl sites for hydroxylation is 1. The van der Waals surface area contributed by atoms with Gasteiger partial charge in [0.1, 0.15) is 6.04 Å². The van der Waals surface area contributed by atoms with Crippen molar-refractivity contribution >= 4 is 29.3 Å². The summed E-state index contributed by atoms with van der Waals surface area (Å²) in [5.74, 6) is 0.577. The maximum atomic E-state index is 13.2. The Morgan fingerprint density at radius 2 is 1.70 bits per heavy atom. The molecule has 0 radical (unpaired) electrons. The molecule has 2 amide bonds. The molecule has 0 heterocycles.